The van der Waals surface area contributed by atoms with Gasteiger partial charge in [0.15, 0.2) is 6.29 Å². The first kappa shape index (κ1) is 21.9. The van der Waals surface area contributed by atoms with E-state index < -0.39 is 0 Å². The predicted molar refractivity (Wildman–Crippen MR) is 173 cm³/mol. The fraction of sp³-hybridized carbons (Fsp3) is 0.0278. The maximum absolute atomic E-state index is 6.75. The molecule has 202 valence electrons. The number of nitrogens with one attached hydrogen (secondary N) is 2. The Morgan fingerprint density at radius 2 is 1.09 bits per heavy atom. The molecule has 2 N–H and O–H groups in total. The summed E-state index contributed by atoms with van der Waals surface area (Å²) in [5, 5.41) is 7.20. The molecule has 0 fully saturated rings. The van der Waals surface area contributed by atoms with E-state index in [4.69, 9.17) is 9.41 Å². The van der Waals surface area contributed by atoms with Crippen molar-refractivity contribution in [3.8, 4) is 0 Å². The monoisotopic (exact) mass is 554 g/mol. The molecule has 5 aromatic carbocycles. The molecule has 7 nitrogen and oxygen atoms in total. The lowest BCUT2D eigenvalue weighted by Crippen LogP contribution is -2.33. The number of benzene rings is 5. The third-order valence-electron chi connectivity index (χ3n) is 9.28. The SMILES string of the molecule is c1ccc(C2=NC(n3c4ccc5c6ccccc6n6c7ccc(o7)n7c8ccccc8c8ccc3c(c4c56)c87)NN2)cc1. The van der Waals surface area contributed by atoms with Gasteiger partial charge in [-0.3, -0.25) is 8.80 Å². The first-order chi connectivity index (χ1) is 21.3. The van der Waals surface area contributed by atoms with Gasteiger partial charge in [-0.2, -0.15) is 5.43 Å². The Kier molecular flexibility index (Phi) is 3.83. The minimum atomic E-state index is -0.338. The number of fused-ring (bicyclic) bond motifs is 10. The average molecular weight is 555 g/mol. The van der Waals surface area contributed by atoms with Crippen LogP contribution in [0.25, 0.3) is 76.8 Å². The van der Waals surface area contributed by atoms with Gasteiger partial charge in [0.1, 0.15) is 5.84 Å². The largest absolute Gasteiger partial charge is 0.424 e. The van der Waals surface area contributed by atoms with Gasteiger partial charge < -0.3 is 14.4 Å². The highest BCUT2D eigenvalue weighted by molar-refractivity contribution is 6.32. The quantitative estimate of drug-likeness (QED) is 0.228. The number of nitrogens with zero attached hydrogens (tertiary/aromatic N) is 4. The summed E-state index contributed by atoms with van der Waals surface area (Å²) in [6, 6.07) is 40.7. The van der Waals surface area contributed by atoms with E-state index in [1.807, 2.05) is 18.2 Å². The number of hydrogen-bond donors (Lipinski definition) is 2. The molecule has 0 radical (unpaired) electrons. The zero-order valence-electron chi connectivity index (χ0n) is 22.7. The van der Waals surface area contributed by atoms with Crippen molar-refractivity contribution in [3.05, 3.63) is 121 Å². The summed E-state index contributed by atoms with van der Waals surface area (Å²) in [4.78, 5) is 5.16. The molecule has 10 aromatic rings. The number of rotatable bonds is 2. The number of aromatic nitrogens is 3. The molecule has 5 aromatic heterocycles. The molecule has 1 aliphatic heterocycles. The fourth-order valence-corrected chi connectivity index (χ4v) is 7.58. The number of amidine groups is 1. The first-order valence-corrected chi connectivity index (χ1v) is 14.5. The van der Waals surface area contributed by atoms with Gasteiger partial charge in [-0.25, -0.2) is 4.99 Å². The Morgan fingerprint density at radius 1 is 0.535 bits per heavy atom. The number of furan rings is 1. The Labute approximate surface area is 243 Å². The van der Waals surface area contributed by atoms with Gasteiger partial charge in [0.2, 0.25) is 11.4 Å². The van der Waals surface area contributed by atoms with Crippen LogP contribution >= 0.6 is 0 Å². The fourth-order valence-electron chi connectivity index (χ4n) is 7.58. The Bertz CT molecular complexity index is 2640. The van der Waals surface area contributed by atoms with Crippen molar-refractivity contribution >= 4 is 82.7 Å². The topological polar surface area (TPSA) is 63.3 Å². The van der Waals surface area contributed by atoms with Crippen LogP contribution in [0.15, 0.2) is 125 Å². The summed E-state index contributed by atoms with van der Waals surface area (Å²) in [7, 11) is 0. The van der Waals surface area contributed by atoms with Gasteiger partial charge in [-0.05, 0) is 24.3 Å². The van der Waals surface area contributed by atoms with Crippen molar-refractivity contribution in [3.63, 3.8) is 0 Å². The number of hydrazine groups is 1. The summed E-state index contributed by atoms with van der Waals surface area (Å²) >= 11 is 0. The van der Waals surface area contributed by atoms with Crippen LogP contribution in [0.4, 0.5) is 0 Å². The van der Waals surface area contributed by atoms with Crippen LogP contribution < -0.4 is 10.9 Å². The van der Waals surface area contributed by atoms with E-state index in [2.05, 4.69) is 121 Å². The second-order valence-corrected chi connectivity index (χ2v) is 11.4. The standard InChI is InChI=1S/C36H22N6O/c1-2-8-20(9-3-1)35-37-36(39-38-35)40-27-16-14-23-21-10-4-6-12-25(21)41-29-18-19-30(43-29)42-26-13-7-5-11-22(26)24-15-17-28(40)32(34(24)42)31(27)33(23)41/h1-19,36,39H,(H,37,38). The van der Waals surface area contributed by atoms with Crippen LogP contribution in [0.1, 0.15) is 11.9 Å². The van der Waals surface area contributed by atoms with Crippen LogP contribution in [0.2, 0.25) is 0 Å². The Morgan fingerprint density at radius 3 is 1.70 bits per heavy atom. The highest BCUT2D eigenvalue weighted by Crippen LogP contribution is 2.45. The van der Waals surface area contributed by atoms with Crippen molar-refractivity contribution in [2.24, 2.45) is 4.99 Å². The smallest absolute Gasteiger partial charge is 0.207 e. The van der Waals surface area contributed by atoms with Gasteiger partial charge in [0.25, 0.3) is 0 Å². The van der Waals surface area contributed by atoms with Crippen LogP contribution in [-0.4, -0.2) is 19.2 Å². The third kappa shape index (κ3) is 2.58. The van der Waals surface area contributed by atoms with Crippen molar-refractivity contribution in [2.75, 3.05) is 0 Å². The van der Waals surface area contributed by atoms with Crippen LogP contribution in [-0.2, 0) is 0 Å². The zero-order valence-corrected chi connectivity index (χ0v) is 22.7. The highest BCUT2D eigenvalue weighted by atomic mass is 16.3. The number of para-hydroxylation sites is 2. The minimum absolute atomic E-state index is 0.338. The van der Waals surface area contributed by atoms with E-state index in [1.165, 1.54) is 32.3 Å². The molecule has 2 bridgehead atoms. The van der Waals surface area contributed by atoms with E-state index in [0.717, 1.165) is 55.9 Å². The van der Waals surface area contributed by atoms with E-state index in [1.54, 1.807) is 0 Å². The molecular weight excluding hydrogens is 532 g/mol. The minimum Gasteiger partial charge on any atom is -0.424 e. The average Bonchev–Trinajstić information content (AvgIpc) is 3.87. The summed E-state index contributed by atoms with van der Waals surface area (Å²) in [6.45, 7) is 0. The summed E-state index contributed by atoms with van der Waals surface area (Å²) < 4.78 is 13.7. The molecule has 7 heteroatoms. The lowest BCUT2D eigenvalue weighted by atomic mass is 10.1. The molecule has 0 spiro atoms. The molecule has 0 saturated heterocycles. The predicted octanol–water partition coefficient (Wildman–Crippen LogP) is 7.95. The van der Waals surface area contributed by atoms with Gasteiger partial charge in [-0.15, -0.1) is 0 Å². The van der Waals surface area contributed by atoms with Crippen LogP contribution in [0.3, 0.4) is 0 Å². The van der Waals surface area contributed by atoms with E-state index in [-0.39, 0.29) is 6.29 Å². The molecule has 1 aliphatic rings. The van der Waals surface area contributed by atoms with Gasteiger partial charge >= 0.3 is 0 Å². The van der Waals surface area contributed by atoms with Crippen molar-refractivity contribution in [2.45, 2.75) is 6.29 Å². The van der Waals surface area contributed by atoms with Gasteiger partial charge in [0.05, 0.1) is 33.1 Å². The number of hydrogen-bond acceptors (Lipinski definition) is 4. The van der Waals surface area contributed by atoms with E-state index >= 15 is 0 Å². The number of aliphatic imine (C=N–C) groups is 1. The highest BCUT2D eigenvalue weighted by Gasteiger charge is 2.28. The van der Waals surface area contributed by atoms with Crippen molar-refractivity contribution in [1.82, 2.24) is 24.2 Å². The van der Waals surface area contributed by atoms with Crippen LogP contribution in [0.5, 0.6) is 0 Å². The first-order valence-electron chi connectivity index (χ1n) is 14.5. The molecule has 0 saturated carbocycles. The van der Waals surface area contributed by atoms with Crippen molar-refractivity contribution < 1.29 is 4.42 Å². The summed E-state index contributed by atoms with van der Waals surface area (Å²) in [6.07, 6.45) is -0.338. The second kappa shape index (κ2) is 7.53. The molecule has 0 amide bonds. The van der Waals surface area contributed by atoms with Gasteiger partial charge in [0, 0.05) is 50.0 Å². The van der Waals surface area contributed by atoms with Crippen LogP contribution in [0, 0.1) is 0 Å². The maximum Gasteiger partial charge on any atom is 0.207 e. The molecule has 1 unspecified atom stereocenters. The molecule has 11 rings (SSSR count). The lowest BCUT2D eigenvalue weighted by Gasteiger charge is -2.13. The van der Waals surface area contributed by atoms with E-state index in [9.17, 15) is 0 Å². The summed E-state index contributed by atoms with van der Waals surface area (Å²) in [5.74, 6) is 0.828. The lowest BCUT2D eigenvalue weighted by molar-refractivity contribution is 0.456. The normalized spacial score (nSPS) is 15.9. The summed E-state index contributed by atoms with van der Waals surface area (Å²) in [5.41, 5.74) is 16.3. The van der Waals surface area contributed by atoms with Gasteiger partial charge in [-0.1, -0.05) is 78.9 Å². The Balaban J connectivity index is 1.42. The zero-order chi connectivity index (χ0) is 27.8. The molecular formula is C36H22N6O. The molecule has 1 atom stereocenters. The molecule has 43 heavy (non-hydrogen) atoms. The second-order valence-electron chi connectivity index (χ2n) is 11.4. The Hall–Kier alpha value is -5.79. The molecule has 0 aliphatic carbocycles. The van der Waals surface area contributed by atoms with E-state index in [0.29, 0.717) is 0 Å². The maximum atomic E-state index is 6.75. The van der Waals surface area contributed by atoms with Crippen molar-refractivity contribution in [1.29, 1.82) is 0 Å². The third-order valence-corrected chi connectivity index (χ3v) is 9.28. The molecule has 6 heterocycles.